The van der Waals surface area contributed by atoms with Crippen molar-refractivity contribution in [2.45, 2.75) is 31.7 Å². The summed E-state index contributed by atoms with van der Waals surface area (Å²) in [7, 11) is 0. The molecule has 27 heavy (non-hydrogen) atoms. The molecule has 1 aliphatic carbocycles. The summed E-state index contributed by atoms with van der Waals surface area (Å²) >= 11 is 0. The van der Waals surface area contributed by atoms with Crippen LogP contribution in [0, 0.1) is 11.8 Å². The van der Waals surface area contributed by atoms with Gasteiger partial charge in [-0.3, -0.25) is 19.8 Å². The molecule has 2 N–H and O–H groups in total. The van der Waals surface area contributed by atoms with Gasteiger partial charge in [0.05, 0.1) is 17.5 Å². The van der Waals surface area contributed by atoms with Gasteiger partial charge in [0.25, 0.3) is 5.91 Å². The Labute approximate surface area is 157 Å². The fourth-order valence-corrected chi connectivity index (χ4v) is 3.88. The van der Waals surface area contributed by atoms with Crippen LogP contribution in [0.25, 0.3) is 0 Å². The van der Waals surface area contributed by atoms with Gasteiger partial charge in [-0.25, -0.2) is 5.01 Å². The number of hydrazine groups is 1. The number of anilines is 1. The molecule has 2 aliphatic heterocycles. The molecular weight excluding hydrogens is 346 g/mol. The van der Waals surface area contributed by atoms with Crippen LogP contribution >= 0.6 is 0 Å². The zero-order valence-electron chi connectivity index (χ0n) is 15.0. The number of hydrogen-bond acceptors (Lipinski definition) is 4. The number of nitrogens with one attached hydrogen (secondary N) is 2. The van der Waals surface area contributed by atoms with Crippen molar-refractivity contribution in [3.05, 3.63) is 42.0 Å². The summed E-state index contributed by atoms with van der Waals surface area (Å²) in [5.74, 6) is -1.12. The summed E-state index contributed by atoms with van der Waals surface area (Å²) in [6.07, 6.45) is 6.64. The second-order valence-corrected chi connectivity index (χ2v) is 7.22. The highest BCUT2D eigenvalue weighted by Gasteiger charge is 2.42. The van der Waals surface area contributed by atoms with Crippen molar-refractivity contribution >= 4 is 23.4 Å². The number of nitrogens with zero attached hydrogens (tertiary/aromatic N) is 1. The van der Waals surface area contributed by atoms with E-state index < -0.39 is 0 Å². The SMILES string of the molecule is O=C(NC1CCOCC1)c1cccc(N2NC(=O)[C@H]3CC=CC[C@@H]3C2=O)c1. The fraction of sp³-hybridized carbons (Fsp3) is 0.450. The minimum atomic E-state index is -0.344. The lowest BCUT2D eigenvalue weighted by atomic mass is 9.80. The van der Waals surface area contributed by atoms with Gasteiger partial charge in [-0.1, -0.05) is 18.2 Å². The first kappa shape index (κ1) is 17.7. The third-order valence-corrected chi connectivity index (χ3v) is 5.45. The van der Waals surface area contributed by atoms with E-state index in [0.717, 1.165) is 12.8 Å². The van der Waals surface area contributed by atoms with Crippen LogP contribution in [-0.4, -0.2) is 37.0 Å². The molecule has 0 aromatic heterocycles. The van der Waals surface area contributed by atoms with Crippen molar-refractivity contribution in [2.24, 2.45) is 11.8 Å². The molecule has 2 fully saturated rings. The van der Waals surface area contributed by atoms with Gasteiger partial charge in [0.2, 0.25) is 11.8 Å². The molecular formula is C20H23N3O4. The average Bonchev–Trinajstić information content (AvgIpc) is 2.71. The smallest absolute Gasteiger partial charge is 0.251 e. The van der Waals surface area contributed by atoms with E-state index in [0.29, 0.717) is 37.3 Å². The van der Waals surface area contributed by atoms with Gasteiger partial charge < -0.3 is 10.1 Å². The molecule has 0 unspecified atom stereocenters. The Kier molecular flexibility index (Phi) is 4.94. The molecule has 0 spiro atoms. The first-order valence-corrected chi connectivity index (χ1v) is 9.41. The van der Waals surface area contributed by atoms with E-state index in [9.17, 15) is 14.4 Å². The lowest BCUT2D eigenvalue weighted by molar-refractivity contribution is -0.139. The summed E-state index contributed by atoms with van der Waals surface area (Å²) in [6.45, 7) is 1.30. The molecule has 1 aromatic rings. The van der Waals surface area contributed by atoms with Crippen molar-refractivity contribution in [1.29, 1.82) is 0 Å². The number of rotatable bonds is 3. The highest BCUT2D eigenvalue weighted by atomic mass is 16.5. The van der Waals surface area contributed by atoms with E-state index in [1.54, 1.807) is 24.3 Å². The molecule has 0 saturated carbocycles. The number of fused-ring (bicyclic) bond motifs is 1. The first-order chi connectivity index (χ1) is 13.1. The molecule has 2 atom stereocenters. The van der Waals surface area contributed by atoms with Crippen LogP contribution in [0.3, 0.4) is 0 Å². The summed E-state index contributed by atoms with van der Waals surface area (Å²) in [5.41, 5.74) is 3.66. The molecule has 142 valence electrons. The molecule has 7 nitrogen and oxygen atoms in total. The quantitative estimate of drug-likeness (QED) is 0.792. The van der Waals surface area contributed by atoms with Crippen molar-refractivity contribution in [1.82, 2.24) is 10.7 Å². The fourth-order valence-electron chi connectivity index (χ4n) is 3.88. The van der Waals surface area contributed by atoms with Gasteiger partial charge in [-0.15, -0.1) is 0 Å². The highest BCUT2D eigenvalue weighted by molar-refractivity contribution is 6.05. The molecule has 4 rings (SSSR count). The maximum atomic E-state index is 12.9. The van der Waals surface area contributed by atoms with Gasteiger partial charge in [0.15, 0.2) is 0 Å². The predicted octanol–water partition coefficient (Wildman–Crippen LogP) is 1.56. The van der Waals surface area contributed by atoms with Gasteiger partial charge in [0, 0.05) is 24.8 Å². The second-order valence-electron chi connectivity index (χ2n) is 7.22. The number of benzene rings is 1. The van der Waals surface area contributed by atoms with Crippen molar-refractivity contribution in [2.75, 3.05) is 18.2 Å². The Morgan fingerprint density at radius 3 is 2.63 bits per heavy atom. The van der Waals surface area contributed by atoms with Gasteiger partial charge in [0.1, 0.15) is 0 Å². The van der Waals surface area contributed by atoms with Gasteiger partial charge >= 0.3 is 0 Å². The molecule has 2 heterocycles. The topological polar surface area (TPSA) is 87.7 Å². The number of ether oxygens (including phenoxy) is 1. The summed E-state index contributed by atoms with van der Waals surface area (Å²) in [5, 5.41) is 4.30. The van der Waals surface area contributed by atoms with Crippen LogP contribution in [0.1, 0.15) is 36.0 Å². The molecule has 0 radical (unpaired) electrons. The monoisotopic (exact) mass is 369 g/mol. The Morgan fingerprint density at radius 1 is 1.11 bits per heavy atom. The lowest BCUT2D eigenvalue weighted by Crippen LogP contribution is -2.59. The van der Waals surface area contributed by atoms with Crippen LogP contribution in [0.2, 0.25) is 0 Å². The minimum absolute atomic E-state index is 0.0982. The Hall–Kier alpha value is -2.67. The van der Waals surface area contributed by atoms with Gasteiger partial charge in [-0.05, 0) is 43.9 Å². The summed E-state index contributed by atoms with van der Waals surface area (Å²) in [4.78, 5) is 37.8. The molecule has 3 aliphatic rings. The van der Waals surface area contributed by atoms with Crippen LogP contribution < -0.4 is 15.8 Å². The van der Waals surface area contributed by atoms with E-state index in [2.05, 4.69) is 10.7 Å². The highest BCUT2D eigenvalue weighted by Crippen LogP contribution is 2.32. The second kappa shape index (κ2) is 7.52. The number of hydrogen-bond donors (Lipinski definition) is 2. The Morgan fingerprint density at radius 2 is 1.85 bits per heavy atom. The Bertz CT molecular complexity index is 785. The summed E-state index contributed by atoms with van der Waals surface area (Å²) < 4.78 is 5.31. The van der Waals surface area contributed by atoms with Crippen LogP contribution in [-0.2, 0) is 14.3 Å². The van der Waals surface area contributed by atoms with Crippen LogP contribution in [0.15, 0.2) is 36.4 Å². The van der Waals surface area contributed by atoms with Crippen LogP contribution in [0.5, 0.6) is 0 Å². The van der Waals surface area contributed by atoms with E-state index in [-0.39, 0.29) is 35.6 Å². The van der Waals surface area contributed by atoms with Crippen LogP contribution in [0.4, 0.5) is 5.69 Å². The third kappa shape index (κ3) is 3.60. The van der Waals surface area contributed by atoms with E-state index in [4.69, 9.17) is 4.74 Å². The molecule has 3 amide bonds. The molecule has 1 aromatic carbocycles. The number of allylic oxidation sites excluding steroid dienone is 2. The van der Waals surface area contributed by atoms with Crippen molar-refractivity contribution in [3.63, 3.8) is 0 Å². The summed E-state index contributed by atoms with van der Waals surface area (Å²) in [6, 6.07) is 6.90. The Balaban J connectivity index is 1.51. The third-order valence-electron chi connectivity index (χ3n) is 5.45. The maximum absolute atomic E-state index is 12.9. The van der Waals surface area contributed by atoms with E-state index in [1.807, 2.05) is 12.2 Å². The first-order valence-electron chi connectivity index (χ1n) is 9.41. The zero-order valence-corrected chi connectivity index (χ0v) is 15.0. The standard InChI is InChI=1S/C20H23N3O4/c24-18(21-14-8-10-27-11-9-14)13-4-3-5-15(12-13)23-20(26)17-7-2-1-6-16(17)19(25)22-23/h1-5,12,14,16-17H,6-11H2,(H,21,24)(H,22,25)/t16-,17-/m0/s1. The normalized spacial score (nSPS) is 25.7. The predicted molar refractivity (Wildman–Crippen MR) is 98.7 cm³/mol. The van der Waals surface area contributed by atoms with Crippen molar-refractivity contribution < 1.29 is 19.1 Å². The number of carbonyl (C=O) groups is 3. The van der Waals surface area contributed by atoms with E-state index in [1.165, 1.54) is 5.01 Å². The maximum Gasteiger partial charge on any atom is 0.251 e. The number of amides is 3. The average molecular weight is 369 g/mol. The molecule has 0 bridgehead atoms. The lowest BCUT2D eigenvalue weighted by Gasteiger charge is -2.38. The largest absolute Gasteiger partial charge is 0.381 e. The number of carbonyl (C=O) groups excluding carboxylic acids is 3. The van der Waals surface area contributed by atoms with Crippen molar-refractivity contribution in [3.8, 4) is 0 Å². The minimum Gasteiger partial charge on any atom is -0.381 e. The molecule has 2 saturated heterocycles. The molecule has 7 heteroatoms. The van der Waals surface area contributed by atoms with Gasteiger partial charge in [-0.2, -0.15) is 0 Å². The van der Waals surface area contributed by atoms with E-state index >= 15 is 0 Å². The zero-order chi connectivity index (χ0) is 18.8.